The third-order valence-electron chi connectivity index (χ3n) is 6.14. The van der Waals surface area contributed by atoms with Crippen LogP contribution in [0, 0.1) is 13.8 Å². The van der Waals surface area contributed by atoms with Crippen LogP contribution in [-0.2, 0) is 4.74 Å². The van der Waals surface area contributed by atoms with Crippen LogP contribution in [0.15, 0.2) is 71.6 Å². The number of hydrogen-bond acceptors (Lipinski definition) is 6. The van der Waals surface area contributed by atoms with Crippen molar-refractivity contribution >= 4 is 17.0 Å². The first-order valence-corrected chi connectivity index (χ1v) is 11.0. The van der Waals surface area contributed by atoms with Gasteiger partial charge >= 0.3 is 5.97 Å². The van der Waals surface area contributed by atoms with Gasteiger partial charge < -0.3 is 13.8 Å². The minimum atomic E-state index is -0.361. The molecule has 170 valence electrons. The lowest BCUT2D eigenvalue weighted by atomic mass is 10.0. The molecular formula is C27H24N4O3. The van der Waals surface area contributed by atoms with E-state index in [0.29, 0.717) is 5.56 Å². The van der Waals surface area contributed by atoms with Crippen molar-refractivity contribution in [2.75, 3.05) is 7.11 Å². The number of hydrogen-bond donors (Lipinski definition) is 0. The summed E-state index contributed by atoms with van der Waals surface area (Å²) in [5.41, 5.74) is 7.96. The van der Waals surface area contributed by atoms with E-state index in [1.807, 2.05) is 50.4 Å². The van der Waals surface area contributed by atoms with Crippen LogP contribution < -0.4 is 0 Å². The molecule has 0 saturated heterocycles. The molecule has 0 aliphatic rings. The number of aryl methyl sites for hydroxylation is 2. The lowest BCUT2D eigenvalue weighted by Gasteiger charge is -2.15. The first-order chi connectivity index (χ1) is 16.5. The molecule has 1 aromatic carbocycles. The number of pyridine rings is 2. The first-order valence-electron chi connectivity index (χ1n) is 11.0. The Hall–Kier alpha value is -4.26. The van der Waals surface area contributed by atoms with Gasteiger partial charge in [0.25, 0.3) is 0 Å². The molecule has 0 unspecified atom stereocenters. The van der Waals surface area contributed by atoms with E-state index in [4.69, 9.17) is 14.2 Å². The number of rotatable bonds is 5. The first kappa shape index (κ1) is 21.6. The molecule has 34 heavy (non-hydrogen) atoms. The number of carbonyl (C=O) groups excluding carboxylic acids is 1. The van der Waals surface area contributed by atoms with Gasteiger partial charge in [-0.2, -0.15) is 0 Å². The lowest BCUT2D eigenvalue weighted by Crippen LogP contribution is -2.07. The molecule has 0 aliphatic heterocycles. The predicted molar refractivity (Wildman–Crippen MR) is 130 cm³/mol. The molecule has 0 amide bonds. The van der Waals surface area contributed by atoms with E-state index in [1.165, 1.54) is 7.11 Å². The molecule has 5 aromatic rings. The summed E-state index contributed by atoms with van der Waals surface area (Å²) >= 11 is 0. The van der Waals surface area contributed by atoms with Crippen molar-refractivity contribution in [1.29, 1.82) is 0 Å². The van der Waals surface area contributed by atoms with Gasteiger partial charge in [-0.25, -0.2) is 4.79 Å². The Morgan fingerprint density at radius 1 is 1.06 bits per heavy atom. The van der Waals surface area contributed by atoms with Crippen LogP contribution in [0.1, 0.15) is 40.5 Å². The Morgan fingerprint density at radius 3 is 2.50 bits per heavy atom. The van der Waals surface area contributed by atoms with Gasteiger partial charge in [0.2, 0.25) is 0 Å². The van der Waals surface area contributed by atoms with Gasteiger partial charge in [0, 0.05) is 35.3 Å². The van der Waals surface area contributed by atoms with Gasteiger partial charge in [-0.1, -0.05) is 23.4 Å². The summed E-state index contributed by atoms with van der Waals surface area (Å²) in [7, 11) is 1.38. The van der Waals surface area contributed by atoms with Gasteiger partial charge in [0.05, 0.1) is 41.1 Å². The molecule has 7 nitrogen and oxygen atoms in total. The zero-order valence-electron chi connectivity index (χ0n) is 19.4. The van der Waals surface area contributed by atoms with Crippen LogP contribution in [0.4, 0.5) is 0 Å². The van der Waals surface area contributed by atoms with Crippen molar-refractivity contribution in [3.8, 4) is 22.3 Å². The van der Waals surface area contributed by atoms with Crippen molar-refractivity contribution in [3.63, 3.8) is 0 Å². The normalized spacial score (nSPS) is 12.1. The largest absolute Gasteiger partial charge is 0.465 e. The summed E-state index contributed by atoms with van der Waals surface area (Å²) in [6.45, 7) is 5.96. The Bertz CT molecular complexity index is 1460. The standard InChI is InChI=1S/C27H24N4O3/c1-16-25(18(3)34-30-16)21-13-24-26(29-14-21)22(19-8-10-20(11-9-19)27(32)33-4)15-31(24)17(2)23-7-5-6-12-28-23/h5-15,17H,1-4H3/t17-/m1/s1. The second-order valence-corrected chi connectivity index (χ2v) is 8.24. The van der Waals surface area contributed by atoms with Crippen molar-refractivity contribution in [2.24, 2.45) is 0 Å². The van der Waals surface area contributed by atoms with E-state index in [2.05, 4.69) is 33.9 Å². The van der Waals surface area contributed by atoms with Crippen LogP contribution in [0.3, 0.4) is 0 Å². The number of carbonyl (C=O) groups is 1. The van der Waals surface area contributed by atoms with Crippen LogP contribution in [0.5, 0.6) is 0 Å². The zero-order chi connectivity index (χ0) is 23.8. The average molecular weight is 453 g/mol. The Labute approximate surface area is 197 Å². The fourth-order valence-electron chi connectivity index (χ4n) is 4.36. The molecule has 4 aromatic heterocycles. The smallest absolute Gasteiger partial charge is 0.337 e. The molecule has 0 bridgehead atoms. The maximum Gasteiger partial charge on any atom is 0.337 e. The monoisotopic (exact) mass is 452 g/mol. The van der Waals surface area contributed by atoms with Crippen LogP contribution >= 0.6 is 0 Å². The molecule has 0 fully saturated rings. The molecule has 0 saturated carbocycles. The summed E-state index contributed by atoms with van der Waals surface area (Å²) in [6.07, 6.45) is 5.76. The number of fused-ring (bicyclic) bond motifs is 1. The predicted octanol–water partition coefficient (Wildman–Crippen LogP) is 5.77. The molecule has 0 spiro atoms. The minimum Gasteiger partial charge on any atom is -0.465 e. The molecule has 1 atom stereocenters. The van der Waals surface area contributed by atoms with Crippen molar-refractivity contribution in [3.05, 3.63) is 89.8 Å². The summed E-state index contributed by atoms with van der Waals surface area (Å²) in [6, 6.07) is 15.4. The Kier molecular flexibility index (Phi) is 5.45. The molecule has 0 N–H and O–H groups in total. The molecular weight excluding hydrogens is 428 g/mol. The maximum atomic E-state index is 11.9. The van der Waals surface area contributed by atoms with E-state index in [9.17, 15) is 4.79 Å². The van der Waals surface area contributed by atoms with Gasteiger partial charge in [-0.15, -0.1) is 0 Å². The van der Waals surface area contributed by atoms with Gasteiger partial charge in [0.15, 0.2) is 0 Å². The minimum absolute atomic E-state index is 0.0199. The summed E-state index contributed by atoms with van der Waals surface area (Å²) in [4.78, 5) is 21.3. The number of aromatic nitrogens is 4. The molecule has 5 rings (SSSR count). The summed E-state index contributed by atoms with van der Waals surface area (Å²) in [5, 5.41) is 4.10. The van der Waals surface area contributed by atoms with Gasteiger partial charge in [-0.3, -0.25) is 9.97 Å². The van der Waals surface area contributed by atoms with E-state index >= 15 is 0 Å². The number of methoxy groups -OCH3 is 1. The number of ether oxygens (including phenoxy) is 1. The van der Waals surface area contributed by atoms with Crippen molar-refractivity contribution in [1.82, 2.24) is 19.7 Å². The molecule has 0 radical (unpaired) electrons. The molecule has 4 heterocycles. The number of nitrogens with zero attached hydrogens (tertiary/aromatic N) is 4. The van der Waals surface area contributed by atoms with E-state index < -0.39 is 0 Å². The SMILES string of the molecule is COC(=O)c1ccc(-c2cn([C@H](C)c3ccccn3)c3cc(-c4c(C)noc4C)cnc23)cc1. The second kappa shape index (κ2) is 8.59. The van der Waals surface area contributed by atoms with Gasteiger partial charge in [-0.05, 0) is 56.7 Å². The van der Waals surface area contributed by atoms with E-state index in [-0.39, 0.29) is 12.0 Å². The Balaban J connectivity index is 1.70. The fraction of sp³-hybridized carbons (Fsp3) is 0.185. The van der Waals surface area contributed by atoms with Crippen molar-refractivity contribution < 1.29 is 14.1 Å². The highest BCUT2D eigenvalue weighted by Gasteiger charge is 2.20. The van der Waals surface area contributed by atoms with Crippen LogP contribution in [-0.4, -0.2) is 32.8 Å². The highest BCUT2D eigenvalue weighted by Crippen LogP contribution is 2.36. The highest BCUT2D eigenvalue weighted by molar-refractivity contribution is 5.96. The maximum absolute atomic E-state index is 11.9. The molecule has 7 heteroatoms. The van der Waals surface area contributed by atoms with E-state index in [0.717, 1.165) is 50.4 Å². The number of esters is 1. The van der Waals surface area contributed by atoms with E-state index in [1.54, 1.807) is 18.3 Å². The van der Waals surface area contributed by atoms with Crippen molar-refractivity contribution in [2.45, 2.75) is 26.8 Å². The third-order valence-corrected chi connectivity index (χ3v) is 6.14. The Morgan fingerprint density at radius 2 is 1.85 bits per heavy atom. The molecule has 0 aliphatic carbocycles. The quantitative estimate of drug-likeness (QED) is 0.315. The van der Waals surface area contributed by atoms with Crippen LogP contribution in [0.2, 0.25) is 0 Å². The zero-order valence-corrected chi connectivity index (χ0v) is 19.4. The summed E-state index contributed by atoms with van der Waals surface area (Å²) in [5.74, 6) is 0.396. The van der Waals surface area contributed by atoms with Gasteiger partial charge in [0.1, 0.15) is 5.76 Å². The fourth-order valence-corrected chi connectivity index (χ4v) is 4.36. The average Bonchev–Trinajstić information content (AvgIpc) is 3.42. The number of benzene rings is 1. The second-order valence-electron chi connectivity index (χ2n) is 8.24. The summed E-state index contributed by atoms with van der Waals surface area (Å²) < 4.78 is 12.4. The lowest BCUT2D eigenvalue weighted by molar-refractivity contribution is 0.0600. The van der Waals surface area contributed by atoms with Crippen LogP contribution in [0.25, 0.3) is 33.3 Å². The topological polar surface area (TPSA) is 83.0 Å². The highest BCUT2D eigenvalue weighted by atomic mass is 16.5. The third kappa shape index (κ3) is 3.65.